The van der Waals surface area contributed by atoms with E-state index in [1.165, 1.54) is 25.7 Å². The molecule has 2 aliphatic heterocycles. The van der Waals surface area contributed by atoms with Gasteiger partial charge in [0.2, 0.25) is 0 Å². The van der Waals surface area contributed by atoms with E-state index in [1.807, 2.05) is 0 Å². The summed E-state index contributed by atoms with van der Waals surface area (Å²) >= 11 is 5.62. The topological polar surface area (TPSA) is 52.6 Å². The molecule has 5 nitrogen and oxygen atoms in total. The molecule has 3 aliphatic rings. The van der Waals surface area contributed by atoms with Crippen LogP contribution in [0.1, 0.15) is 39.0 Å². The van der Waals surface area contributed by atoms with Crippen LogP contribution in [0.2, 0.25) is 0 Å². The number of sulfone groups is 1. The monoisotopic (exact) mass is 359 g/mol. The highest BCUT2D eigenvalue weighted by Crippen LogP contribution is 2.24. The summed E-state index contributed by atoms with van der Waals surface area (Å²) in [5.41, 5.74) is 0. The summed E-state index contributed by atoms with van der Waals surface area (Å²) < 4.78 is 23.3. The highest BCUT2D eigenvalue weighted by molar-refractivity contribution is 7.91. The zero-order valence-corrected chi connectivity index (χ0v) is 15.7. The molecule has 0 aromatic rings. The van der Waals surface area contributed by atoms with Crippen molar-refractivity contribution in [2.24, 2.45) is 5.92 Å². The molecule has 0 unspecified atom stereocenters. The third kappa shape index (κ3) is 4.37. The zero-order valence-electron chi connectivity index (χ0n) is 14.0. The van der Waals surface area contributed by atoms with Crippen LogP contribution in [0.25, 0.3) is 0 Å². The normalized spacial score (nSPS) is 35.2. The molecule has 7 heteroatoms. The SMILES string of the molecule is C[C@@H]1CCCC[C@H]1NC(=S)N1CCN([C@@H]2CCS(=O)(=O)C2)CC1. The van der Waals surface area contributed by atoms with E-state index in [2.05, 4.69) is 22.0 Å². The molecule has 3 atom stereocenters. The summed E-state index contributed by atoms with van der Waals surface area (Å²) in [6.45, 7) is 5.97. The van der Waals surface area contributed by atoms with Crippen LogP contribution in [0.4, 0.5) is 0 Å². The van der Waals surface area contributed by atoms with E-state index in [-0.39, 0.29) is 6.04 Å². The van der Waals surface area contributed by atoms with Crippen LogP contribution in [0, 0.1) is 5.92 Å². The number of piperazine rings is 1. The van der Waals surface area contributed by atoms with Crippen LogP contribution in [0.3, 0.4) is 0 Å². The van der Waals surface area contributed by atoms with Gasteiger partial charge in [0.25, 0.3) is 0 Å². The minimum atomic E-state index is -2.79. The van der Waals surface area contributed by atoms with Gasteiger partial charge in [0.1, 0.15) is 0 Å². The molecule has 2 saturated heterocycles. The fraction of sp³-hybridized carbons (Fsp3) is 0.938. The Labute approximate surface area is 145 Å². The lowest BCUT2D eigenvalue weighted by atomic mass is 9.86. The van der Waals surface area contributed by atoms with E-state index in [4.69, 9.17) is 12.2 Å². The third-order valence-electron chi connectivity index (χ3n) is 5.75. The second-order valence-corrected chi connectivity index (χ2v) is 10.0. The first-order valence-electron chi connectivity index (χ1n) is 8.94. The highest BCUT2D eigenvalue weighted by atomic mass is 32.2. The molecule has 1 saturated carbocycles. The molecular formula is C16H29N3O2S2. The van der Waals surface area contributed by atoms with Crippen molar-refractivity contribution in [1.82, 2.24) is 15.1 Å². The molecule has 0 bridgehead atoms. The molecular weight excluding hydrogens is 330 g/mol. The third-order valence-corrected chi connectivity index (χ3v) is 7.87. The number of hydrogen-bond donors (Lipinski definition) is 1. The van der Waals surface area contributed by atoms with E-state index < -0.39 is 9.84 Å². The maximum Gasteiger partial charge on any atom is 0.169 e. The largest absolute Gasteiger partial charge is 0.360 e. The molecule has 0 aromatic carbocycles. The molecule has 0 spiro atoms. The Bertz CT molecular complexity index is 529. The molecule has 2 heterocycles. The fourth-order valence-corrected chi connectivity index (χ4v) is 6.23. The maximum atomic E-state index is 11.6. The standard InChI is InChI=1S/C16H29N3O2S2/c1-13-4-2-3-5-15(13)17-16(22)19-9-7-18(8-10-19)14-6-11-23(20,21)12-14/h13-15H,2-12H2,1H3,(H,17,22)/t13-,14-,15-/m1/s1. The van der Waals surface area contributed by atoms with E-state index in [9.17, 15) is 8.42 Å². The lowest BCUT2D eigenvalue weighted by molar-refractivity contribution is 0.141. The Morgan fingerprint density at radius 1 is 1.09 bits per heavy atom. The van der Waals surface area contributed by atoms with Gasteiger partial charge in [-0.1, -0.05) is 19.8 Å². The van der Waals surface area contributed by atoms with Crippen molar-refractivity contribution in [3.8, 4) is 0 Å². The first-order chi connectivity index (χ1) is 10.9. The van der Waals surface area contributed by atoms with Crippen LogP contribution >= 0.6 is 12.2 Å². The Hall–Kier alpha value is -0.400. The second-order valence-electron chi connectivity index (χ2n) is 7.40. The van der Waals surface area contributed by atoms with E-state index in [0.717, 1.165) is 37.7 Å². The van der Waals surface area contributed by atoms with Crippen molar-refractivity contribution >= 4 is 27.2 Å². The van der Waals surface area contributed by atoms with Gasteiger partial charge in [-0.05, 0) is 37.4 Å². The van der Waals surface area contributed by atoms with E-state index in [1.54, 1.807) is 0 Å². The first kappa shape index (κ1) is 17.4. The summed E-state index contributed by atoms with van der Waals surface area (Å²) in [6, 6.07) is 0.747. The Morgan fingerprint density at radius 2 is 1.78 bits per heavy atom. The number of nitrogens with zero attached hydrogens (tertiary/aromatic N) is 2. The van der Waals surface area contributed by atoms with Crippen molar-refractivity contribution < 1.29 is 8.42 Å². The van der Waals surface area contributed by atoms with Gasteiger partial charge < -0.3 is 10.2 Å². The van der Waals surface area contributed by atoms with E-state index >= 15 is 0 Å². The first-order valence-corrected chi connectivity index (χ1v) is 11.2. The molecule has 0 aromatic heterocycles. The quantitative estimate of drug-likeness (QED) is 0.749. The lowest BCUT2D eigenvalue weighted by Gasteiger charge is -2.40. The van der Waals surface area contributed by atoms with Gasteiger partial charge in [0, 0.05) is 38.3 Å². The predicted molar refractivity (Wildman–Crippen MR) is 97.4 cm³/mol. The highest BCUT2D eigenvalue weighted by Gasteiger charge is 2.34. The van der Waals surface area contributed by atoms with Crippen LogP contribution < -0.4 is 5.32 Å². The van der Waals surface area contributed by atoms with Gasteiger partial charge >= 0.3 is 0 Å². The van der Waals surface area contributed by atoms with Crippen LogP contribution in [-0.2, 0) is 9.84 Å². The van der Waals surface area contributed by atoms with Crippen molar-refractivity contribution in [2.45, 2.75) is 51.1 Å². The molecule has 3 fully saturated rings. The summed E-state index contributed by atoms with van der Waals surface area (Å²) in [5.74, 6) is 1.40. The minimum absolute atomic E-state index is 0.224. The fourth-order valence-electron chi connectivity index (χ4n) is 4.13. The Balaban J connectivity index is 1.46. The molecule has 1 N–H and O–H groups in total. The van der Waals surface area contributed by atoms with Gasteiger partial charge in [-0.3, -0.25) is 4.90 Å². The van der Waals surface area contributed by atoms with Crippen molar-refractivity contribution in [2.75, 3.05) is 37.7 Å². The summed E-state index contributed by atoms with van der Waals surface area (Å²) in [7, 11) is -2.79. The van der Waals surface area contributed by atoms with Crippen LogP contribution in [0.5, 0.6) is 0 Å². The van der Waals surface area contributed by atoms with Crippen LogP contribution in [0.15, 0.2) is 0 Å². The van der Waals surface area contributed by atoms with Crippen LogP contribution in [-0.4, -0.2) is 73.1 Å². The zero-order chi connectivity index (χ0) is 16.4. The average molecular weight is 360 g/mol. The lowest BCUT2D eigenvalue weighted by Crippen LogP contribution is -2.56. The molecule has 3 rings (SSSR count). The van der Waals surface area contributed by atoms with Gasteiger partial charge in [0.15, 0.2) is 14.9 Å². The van der Waals surface area contributed by atoms with E-state index in [0.29, 0.717) is 23.5 Å². The van der Waals surface area contributed by atoms with Gasteiger partial charge in [-0.15, -0.1) is 0 Å². The van der Waals surface area contributed by atoms with Crippen molar-refractivity contribution in [1.29, 1.82) is 0 Å². The smallest absolute Gasteiger partial charge is 0.169 e. The molecule has 0 amide bonds. The number of rotatable bonds is 2. The molecule has 132 valence electrons. The maximum absolute atomic E-state index is 11.6. The van der Waals surface area contributed by atoms with Crippen molar-refractivity contribution in [3.05, 3.63) is 0 Å². The number of nitrogens with one attached hydrogen (secondary N) is 1. The van der Waals surface area contributed by atoms with Gasteiger partial charge in [-0.25, -0.2) is 8.42 Å². The summed E-state index contributed by atoms with van der Waals surface area (Å²) in [4.78, 5) is 4.60. The minimum Gasteiger partial charge on any atom is -0.360 e. The van der Waals surface area contributed by atoms with Crippen molar-refractivity contribution in [3.63, 3.8) is 0 Å². The predicted octanol–water partition coefficient (Wildman–Crippen LogP) is 1.24. The Morgan fingerprint density at radius 3 is 2.39 bits per heavy atom. The summed E-state index contributed by atoms with van der Waals surface area (Å²) in [6.07, 6.45) is 5.96. The second kappa shape index (κ2) is 7.23. The average Bonchev–Trinajstić information content (AvgIpc) is 2.90. The number of thiocarbonyl (C=S) groups is 1. The van der Waals surface area contributed by atoms with Gasteiger partial charge in [-0.2, -0.15) is 0 Å². The molecule has 0 radical (unpaired) electrons. The van der Waals surface area contributed by atoms with Gasteiger partial charge in [0.05, 0.1) is 11.5 Å². The molecule has 1 aliphatic carbocycles. The summed E-state index contributed by atoms with van der Waals surface area (Å²) in [5, 5.41) is 4.47. The molecule has 23 heavy (non-hydrogen) atoms. The Kier molecular flexibility index (Phi) is 5.48. The number of hydrogen-bond acceptors (Lipinski definition) is 4.